The number of para-hydroxylation sites is 1. The highest BCUT2D eigenvalue weighted by molar-refractivity contribution is 5.95. The summed E-state index contributed by atoms with van der Waals surface area (Å²) in [6, 6.07) is 10.3. The molecule has 37 heavy (non-hydrogen) atoms. The van der Waals surface area contributed by atoms with Crippen LogP contribution in [-0.2, 0) is 21.5 Å². The lowest BCUT2D eigenvalue weighted by Gasteiger charge is -2.47. The predicted molar refractivity (Wildman–Crippen MR) is 143 cm³/mol. The maximum absolute atomic E-state index is 14.2. The monoisotopic (exact) mass is 501 g/mol. The number of fused-ring (bicyclic) bond motifs is 2. The number of amides is 1. The van der Waals surface area contributed by atoms with Crippen LogP contribution in [0.15, 0.2) is 42.2 Å². The van der Waals surface area contributed by atoms with E-state index in [1.165, 1.54) is 36.8 Å². The molecule has 6 rings (SSSR count). The molecule has 2 aliphatic carbocycles. The number of nitrogens with one attached hydrogen (secondary N) is 2. The SMILES string of the molecule is NC=C(C=O)N1Cc2c(NCC3CC3)nc(NCC3CC3)nc2C2(CCN(c3ccccc3)CC2)C1=O. The van der Waals surface area contributed by atoms with Crippen LogP contribution in [0, 0.1) is 11.8 Å². The fourth-order valence-corrected chi connectivity index (χ4v) is 5.60. The standard InChI is InChI=1S/C28H35N7O2/c29-14-22(18-36)35-17-23-24(28(26(35)37)10-12-34(13-11-28)21-4-2-1-3-5-21)32-27(31-16-20-8-9-20)33-25(23)30-15-19-6-7-19/h1-5,14,18-20H,6-13,15-17,29H2,(H2,30,31,32,33). The third kappa shape index (κ3) is 4.63. The van der Waals surface area contributed by atoms with Crippen molar-refractivity contribution in [3.63, 3.8) is 0 Å². The number of piperidine rings is 1. The predicted octanol–water partition coefficient (Wildman–Crippen LogP) is 3.00. The van der Waals surface area contributed by atoms with E-state index in [4.69, 9.17) is 15.7 Å². The van der Waals surface area contributed by atoms with E-state index in [0.717, 1.165) is 35.9 Å². The smallest absolute Gasteiger partial charge is 0.239 e. The molecule has 1 amide bonds. The van der Waals surface area contributed by atoms with Gasteiger partial charge in [-0.15, -0.1) is 0 Å². The Morgan fingerprint density at radius 2 is 1.70 bits per heavy atom. The summed E-state index contributed by atoms with van der Waals surface area (Å²) >= 11 is 0. The number of carbonyl (C=O) groups is 2. The lowest BCUT2D eigenvalue weighted by atomic mass is 9.70. The minimum absolute atomic E-state index is 0.100. The first kappa shape index (κ1) is 23.8. The number of hydrogen-bond acceptors (Lipinski definition) is 8. The number of aromatic nitrogens is 2. The Kier molecular flexibility index (Phi) is 6.22. The Labute approximate surface area is 217 Å². The second kappa shape index (κ2) is 9.68. The summed E-state index contributed by atoms with van der Waals surface area (Å²) in [5, 5.41) is 7.01. The zero-order valence-electron chi connectivity index (χ0n) is 21.2. The first-order chi connectivity index (χ1) is 18.1. The average Bonchev–Trinajstić information content (AvgIpc) is 3.86. The van der Waals surface area contributed by atoms with Gasteiger partial charge in [0.15, 0.2) is 6.29 Å². The fraction of sp³-hybridized carbons (Fsp3) is 0.500. The zero-order valence-corrected chi connectivity index (χ0v) is 21.2. The van der Waals surface area contributed by atoms with Crippen LogP contribution in [0.5, 0.6) is 0 Å². The molecule has 194 valence electrons. The highest BCUT2D eigenvalue weighted by atomic mass is 16.2. The molecule has 0 bridgehead atoms. The van der Waals surface area contributed by atoms with Crippen LogP contribution in [0.25, 0.3) is 0 Å². The van der Waals surface area contributed by atoms with Crippen LogP contribution in [0.3, 0.4) is 0 Å². The van der Waals surface area contributed by atoms with Gasteiger partial charge in [0.05, 0.1) is 23.4 Å². The Morgan fingerprint density at radius 1 is 1.03 bits per heavy atom. The summed E-state index contributed by atoms with van der Waals surface area (Å²) in [7, 11) is 0. The first-order valence-corrected chi connectivity index (χ1v) is 13.5. The van der Waals surface area contributed by atoms with Crippen LogP contribution in [0.4, 0.5) is 17.5 Å². The molecular weight excluding hydrogens is 466 g/mol. The summed E-state index contributed by atoms with van der Waals surface area (Å²) in [6.45, 7) is 3.36. The molecule has 9 heteroatoms. The van der Waals surface area contributed by atoms with Crippen molar-refractivity contribution in [3.05, 3.63) is 53.5 Å². The summed E-state index contributed by atoms with van der Waals surface area (Å²) < 4.78 is 0. The van der Waals surface area contributed by atoms with E-state index >= 15 is 0 Å². The van der Waals surface area contributed by atoms with Crippen molar-refractivity contribution in [2.75, 3.05) is 41.7 Å². The molecule has 0 atom stereocenters. The molecule has 4 aliphatic rings. The third-order valence-corrected chi connectivity index (χ3v) is 8.27. The molecule has 2 aromatic rings. The number of benzene rings is 1. The topological polar surface area (TPSA) is 116 Å². The molecule has 9 nitrogen and oxygen atoms in total. The van der Waals surface area contributed by atoms with E-state index in [1.54, 1.807) is 0 Å². The van der Waals surface area contributed by atoms with E-state index < -0.39 is 5.41 Å². The van der Waals surface area contributed by atoms with E-state index in [-0.39, 0.29) is 18.1 Å². The zero-order chi connectivity index (χ0) is 25.4. The molecule has 2 aliphatic heterocycles. The first-order valence-electron chi connectivity index (χ1n) is 13.5. The van der Waals surface area contributed by atoms with Crippen molar-refractivity contribution in [1.29, 1.82) is 0 Å². The van der Waals surface area contributed by atoms with Gasteiger partial charge in [0.25, 0.3) is 0 Å². The highest BCUT2D eigenvalue weighted by Crippen LogP contribution is 2.45. The highest BCUT2D eigenvalue weighted by Gasteiger charge is 2.52. The van der Waals surface area contributed by atoms with Gasteiger partial charge >= 0.3 is 0 Å². The van der Waals surface area contributed by atoms with Gasteiger partial charge in [-0.3, -0.25) is 9.59 Å². The van der Waals surface area contributed by atoms with Crippen molar-refractivity contribution in [2.24, 2.45) is 17.6 Å². The number of hydrogen-bond donors (Lipinski definition) is 3. The molecule has 2 saturated carbocycles. The maximum Gasteiger partial charge on any atom is 0.239 e. The van der Waals surface area contributed by atoms with Gasteiger partial charge in [-0.25, -0.2) is 4.98 Å². The van der Waals surface area contributed by atoms with Crippen molar-refractivity contribution < 1.29 is 9.59 Å². The van der Waals surface area contributed by atoms with E-state index in [0.29, 0.717) is 50.0 Å². The van der Waals surface area contributed by atoms with Crippen molar-refractivity contribution >= 4 is 29.6 Å². The van der Waals surface area contributed by atoms with Crippen LogP contribution in [0.2, 0.25) is 0 Å². The van der Waals surface area contributed by atoms with E-state index in [9.17, 15) is 9.59 Å². The van der Waals surface area contributed by atoms with Gasteiger partial charge < -0.3 is 26.2 Å². The molecule has 4 N–H and O–H groups in total. The van der Waals surface area contributed by atoms with Gasteiger partial charge in [-0.05, 0) is 62.5 Å². The molecule has 3 heterocycles. The third-order valence-electron chi connectivity index (χ3n) is 8.27. The summed E-state index contributed by atoms with van der Waals surface area (Å²) in [5.74, 6) is 2.58. The average molecular weight is 502 g/mol. The molecular formula is C28H35N7O2. The summed E-state index contributed by atoms with van der Waals surface area (Å²) in [5.41, 5.74) is 7.99. The molecule has 1 aromatic heterocycles. The molecule has 0 radical (unpaired) electrons. The van der Waals surface area contributed by atoms with Crippen LogP contribution >= 0.6 is 0 Å². The lowest BCUT2D eigenvalue weighted by molar-refractivity contribution is -0.139. The van der Waals surface area contributed by atoms with Crippen molar-refractivity contribution in [3.8, 4) is 0 Å². The number of nitrogens with zero attached hydrogens (tertiary/aromatic N) is 4. The Morgan fingerprint density at radius 3 is 2.32 bits per heavy atom. The molecule has 3 fully saturated rings. The van der Waals surface area contributed by atoms with E-state index in [1.807, 2.05) is 18.2 Å². The Balaban J connectivity index is 1.40. The van der Waals surface area contributed by atoms with Crippen LogP contribution in [0.1, 0.15) is 49.8 Å². The minimum atomic E-state index is -0.842. The van der Waals surface area contributed by atoms with Crippen LogP contribution in [-0.4, -0.2) is 53.2 Å². The number of anilines is 3. The molecule has 1 aromatic carbocycles. The quantitative estimate of drug-likeness (QED) is 0.355. The van der Waals surface area contributed by atoms with E-state index in [2.05, 4.69) is 27.7 Å². The second-order valence-electron chi connectivity index (χ2n) is 10.9. The van der Waals surface area contributed by atoms with Gasteiger partial charge in [0.1, 0.15) is 5.82 Å². The Bertz CT molecular complexity index is 1200. The van der Waals surface area contributed by atoms with Gasteiger partial charge in [0, 0.05) is 43.6 Å². The van der Waals surface area contributed by atoms with Crippen LogP contribution < -0.4 is 21.3 Å². The Hall–Kier alpha value is -3.62. The van der Waals surface area contributed by atoms with Gasteiger partial charge in [-0.2, -0.15) is 4.98 Å². The number of allylic oxidation sites excluding steroid dienone is 1. The van der Waals surface area contributed by atoms with Gasteiger partial charge in [0.2, 0.25) is 11.9 Å². The maximum atomic E-state index is 14.2. The number of nitrogens with two attached hydrogens (primary N) is 1. The molecule has 1 saturated heterocycles. The summed E-state index contributed by atoms with van der Waals surface area (Å²) in [4.78, 5) is 39.9. The minimum Gasteiger partial charge on any atom is -0.403 e. The normalized spacial score (nSPS) is 21.1. The fourth-order valence-electron chi connectivity index (χ4n) is 5.60. The molecule has 0 unspecified atom stereocenters. The van der Waals surface area contributed by atoms with Gasteiger partial charge in [-0.1, -0.05) is 18.2 Å². The number of aldehydes is 1. The summed E-state index contributed by atoms with van der Waals surface area (Å²) in [6.07, 6.45) is 8.01. The second-order valence-corrected chi connectivity index (χ2v) is 10.9. The number of rotatable bonds is 9. The van der Waals surface area contributed by atoms with Crippen molar-refractivity contribution in [2.45, 2.75) is 50.5 Å². The number of carbonyl (C=O) groups excluding carboxylic acids is 2. The molecule has 1 spiro atoms. The largest absolute Gasteiger partial charge is 0.403 e. The lowest BCUT2D eigenvalue weighted by Crippen LogP contribution is -2.56. The van der Waals surface area contributed by atoms with Crippen molar-refractivity contribution in [1.82, 2.24) is 14.9 Å².